The van der Waals surface area contributed by atoms with Gasteiger partial charge in [-0.05, 0) is 38.2 Å². The summed E-state index contributed by atoms with van der Waals surface area (Å²) in [6, 6.07) is 0. The van der Waals surface area contributed by atoms with Crippen LogP contribution in [0.1, 0.15) is 35.6 Å². The van der Waals surface area contributed by atoms with Crippen molar-refractivity contribution >= 4 is 24.8 Å². The van der Waals surface area contributed by atoms with E-state index < -0.39 is 0 Å². The van der Waals surface area contributed by atoms with Crippen LogP contribution in [0.2, 0.25) is 0 Å². The molecule has 5 nitrogen and oxygen atoms in total. The molecule has 102 valence electrons. The van der Waals surface area contributed by atoms with E-state index in [1.807, 2.05) is 0 Å². The first-order chi connectivity index (χ1) is 6.31. The van der Waals surface area contributed by atoms with Crippen LogP contribution in [0.4, 0.5) is 0 Å². The van der Waals surface area contributed by atoms with Gasteiger partial charge < -0.3 is 16.7 Å². The van der Waals surface area contributed by atoms with Crippen molar-refractivity contribution in [3.8, 4) is 0 Å². The molecule has 0 saturated carbocycles. The molecule has 0 atom stereocenters. The second-order valence-electron chi connectivity index (χ2n) is 3.56. The Morgan fingerprint density at radius 3 is 2.24 bits per heavy atom. The smallest absolute Gasteiger partial charge is 0.142 e. The summed E-state index contributed by atoms with van der Waals surface area (Å²) in [5.74, 6) is 0.790. The number of fused-ring (bicyclic) bond motifs is 1. The minimum atomic E-state index is 0. The van der Waals surface area contributed by atoms with Crippen LogP contribution in [0.25, 0.3) is 0 Å². The van der Waals surface area contributed by atoms with Crippen LogP contribution < -0.4 is 5.73 Å². The molecule has 0 unspecified atom stereocenters. The van der Waals surface area contributed by atoms with E-state index in [1.54, 1.807) is 0 Å². The first-order valence-corrected chi connectivity index (χ1v) is 4.86. The van der Waals surface area contributed by atoms with E-state index in [4.69, 9.17) is 5.73 Å². The molecule has 6 N–H and O–H groups in total. The molecule has 0 fully saturated rings. The molecule has 1 heterocycles. The number of rotatable bonds is 1. The second-order valence-corrected chi connectivity index (χ2v) is 3.56. The van der Waals surface area contributed by atoms with Crippen molar-refractivity contribution < 1.29 is 11.0 Å². The van der Waals surface area contributed by atoms with Crippen molar-refractivity contribution in [2.24, 2.45) is 5.73 Å². The molecule has 2 rings (SSSR count). The molecule has 0 aromatic carbocycles. The molecule has 0 saturated heterocycles. The van der Waals surface area contributed by atoms with Crippen LogP contribution in [-0.2, 0) is 19.4 Å². The molecular weight excluding hydrogens is 265 g/mol. The lowest BCUT2D eigenvalue weighted by Crippen LogP contribution is -2.13. The van der Waals surface area contributed by atoms with Crippen molar-refractivity contribution in [1.82, 2.24) is 9.97 Å². The maximum absolute atomic E-state index is 5.53. The standard InChI is InChI=1S/C10H15N3.2ClH.2H2O/c1-7-8-4-2-3-5-9(8)13-10(6-11)12-7;;;;/h2-6,11H2,1H3;2*1H;2*1H2. The van der Waals surface area contributed by atoms with Gasteiger partial charge in [0.1, 0.15) is 5.82 Å². The van der Waals surface area contributed by atoms with Gasteiger partial charge in [-0.3, -0.25) is 0 Å². The summed E-state index contributed by atoms with van der Waals surface area (Å²) in [6.07, 6.45) is 4.78. The molecule has 7 heteroatoms. The molecule has 0 amide bonds. The van der Waals surface area contributed by atoms with Crippen LogP contribution in [0, 0.1) is 6.92 Å². The molecule has 0 radical (unpaired) electrons. The first-order valence-electron chi connectivity index (χ1n) is 4.86. The van der Waals surface area contributed by atoms with Gasteiger partial charge in [-0.15, -0.1) is 24.8 Å². The Kier molecular flexibility index (Phi) is 12.2. The highest BCUT2D eigenvalue weighted by atomic mass is 35.5. The lowest BCUT2D eigenvalue weighted by atomic mass is 9.95. The van der Waals surface area contributed by atoms with E-state index in [0.29, 0.717) is 6.54 Å². The molecule has 0 spiro atoms. The highest BCUT2D eigenvalue weighted by Crippen LogP contribution is 2.21. The minimum Gasteiger partial charge on any atom is -0.412 e. The van der Waals surface area contributed by atoms with Crippen LogP contribution in [0.3, 0.4) is 0 Å². The van der Waals surface area contributed by atoms with Gasteiger partial charge in [0.2, 0.25) is 0 Å². The highest BCUT2D eigenvalue weighted by Gasteiger charge is 2.14. The van der Waals surface area contributed by atoms with Gasteiger partial charge in [0.05, 0.1) is 6.54 Å². The fraction of sp³-hybridized carbons (Fsp3) is 0.600. The summed E-state index contributed by atoms with van der Waals surface area (Å²) in [7, 11) is 0. The van der Waals surface area contributed by atoms with E-state index in [0.717, 1.165) is 24.4 Å². The molecule has 1 aromatic heterocycles. The van der Waals surface area contributed by atoms with Gasteiger partial charge in [0.25, 0.3) is 0 Å². The molecule has 1 aliphatic carbocycles. The zero-order chi connectivity index (χ0) is 9.26. The molecule has 0 bridgehead atoms. The van der Waals surface area contributed by atoms with Crippen molar-refractivity contribution in [3.05, 3.63) is 22.8 Å². The van der Waals surface area contributed by atoms with Gasteiger partial charge >= 0.3 is 0 Å². The van der Waals surface area contributed by atoms with E-state index in [9.17, 15) is 0 Å². The summed E-state index contributed by atoms with van der Waals surface area (Å²) in [6.45, 7) is 2.51. The van der Waals surface area contributed by atoms with Gasteiger partial charge in [-0.1, -0.05) is 0 Å². The van der Waals surface area contributed by atoms with Crippen LogP contribution in [-0.4, -0.2) is 20.9 Å². The van der Waals surface area contributed by atoms with Gasteiger partial charge in [0.15, 0.2) is 0 Å². The number of hydrogen-bond donors (Lipinski definition) is 1. The van der Waals surface area contributed by atoms with Crippen molar-refractivity contribution in [3.63, 3.8) is 0 Å². The Morgan fingerprint density at radius 1 is 1.06 bits per heavy atom. The second kappa shape index (κ2) is 9.56. The summed E-state index contributed by atoms with van der Waals surface area (Å²) in [5.41, 5.74) is 9.26. The van der Waals surface area contributed by atoms with Crippen LogP contribution >= 0.6 is 24.8 Å². The third kappa shape index (κ3) is 4.73. The third-order valence-corrected chi connectivity index (χ3v) is 2.62. The highest BCUT2D eigenvalue weighted by molar-refractivity contribution is 5.85. The predicted molar refractivity (Wildman–Crippen MR) is 73.0 cm³/mol. The zero-order valence-corrected chi connectivity index (χ0v) is 11.5. The number of aryl methyl sites for hydroxylation is 2. The molecule has 17 heavy (non-hydrogen) atoms. The van der Waals surface area contributed by atoms with Gasteiger partial charge in [-0.25, -0.2) is 9.97 Å². The fourth-order valence-corrected chi connectivity index (χ4v) is 1.94. The monoisotopic (exact) mass is 285 g/mol. The SMILES string of the molecule is Cc1nc(CN)nc2c1CCCC2.Cl.Cl.O.O. The number of hydrogen-bond acceptors (Lipinski definition) is 3. The average Bonchev–Trinajstić information content (AvgIpc) is 2.18. The number of halogens is 2. The molecular formula is C10H21Cl2N3O2. The Labute approximate surface area is 114 Å². The van der Waals surface area contributed by atoms with E-state index in [-0.39, 0.29) is 35.8 Å². The molecule has 0 aliphatic heterocycles. The Balaban J connectivity index is -0.000000490. The van der Waals surface area contributed by atoms with Crippen molar-refractivity contribution in [2.75, 3.05) is 0 Å². The summed E-state index contributed by atoms with van der Waals surface area (Å²) in [5, 5.41) is 0. The largest absolute Gasteiger partial charge is 0.412 e. The average molecular weight is 286 g/mol. The van der Waals surface area contributed by atoms with Crippen molar-refractivity contribution in [2.45, 2.75) is 39.2 Å². The van der Waals surface area contributed by atoms with Crippen molar-refractivity contribution in [1.29, 1.82) is 0 Å². The minimum absolute atomic E-state index is 0. The lowest BCUT2D eigenvalue weighted by Gasteiger charge is -2.16. The lowest BCUT2D eigenvalue weighted by molar-refractivity contribution is 0.647. The number of aromatic nitrogens is 2. The fourth-order valence-electron chi connectivity index (χ4n) is 1.94. The normalized spacial score (nSPS) is 11.9. The zero-order valence-electron chi connectivity index (χ0n) is 9.82. The predicted octanol–water partition coefficient (Wildman–Crippen LogP) is 0.317. The van der Waals surface area contributed by atoms with E-state index in [2.05, 4.69) is 16.9 Å². The maximum Gasteiger partial charge on any atom is 0.142 e. The van der Waals surface area contributed by atoms with E-state index in [1.165, 1.54) is 24.1 Å². The third-order valence-electron chi connectivity index (χ3n) is 2.62. The van der Waals surface area contributed by atoms with Crippen LogP contribution in [0.15, 0.2) is 0 Å². The Morgan fingerprint density at radius 2 is 1.65 bits per heavy atom. The number of nitrogens with two attached hydrogens (primary N) is 1. The summed E-state index contributed by atoms with van der Waals surface area (Å²) in [4.78, 5) is 8.83. The first kappa shape index (κ1) is 21.8. The van der Waals surface area contributed by atoms with Crippen LogP contribution in [0.5, 0.6) is 0 Å². The van der Waals surface area contributed by atoms with E-state index >= 15 is 0 Å². The summed E-state index contributed by atoms with van der Waals surface area (Å²) < 4.78 is 0. The topological polar surface area (TPSA) is 115 Å². The quantitative estimate of drug-likeness (QED) is 0.801. The number of nitrogens with zero attached hydrogens (tertiary/aromatic N) is 2. The maximum atomic E-state index is 5.53. The molecule has 1 aliphatic rings. The molecule has 1 aromatic rings. The van der Waals surface area contributed by atoms with Gasteiger partial charge in [0, 0.05) is 11.4 Å². The summed E-state index contributed by atoms with van der Waals surface area (Å²) >= 11 is 0. The Bertz CT molecular complexity index is 338. The Hall–Kier alpha value is -0.460. The van der Waals surface area contributed by atoms with Gasteiger partial charge in [-0.2, -0.15) is 0 Å².